The molecule has 2 aliphatic heterocycles. The Bertz CT molecular complexity index is 496. The number of carbonyl (C=O) groups excluding carboxylic acids is 1. The molecule has 122 valence electrons. The Kier molecular flexibility index (Phi) is 5.10. The second-order valence-electron chi connectivity index (χ2n) is 6.37. The number of ether oxygens (including phenoxy) is 1. The smallest absolute Gasteiger partial charge is 0.225 e. The van der Waals surface area contributed by atoms with Crippen LogP contribution in [0.3, 0.4) is 0 Å². The molecular weight excluding hydrogens is 280 g/mol. The monoisotopic (exact) mass is 306 g/mol. The maximum atomic E-state index is 12.4. The molecule has 6 nitrogen and oxygen atoms in total. The zero-order valence-electron chi connectivity index (χ0n) is 13.4. The summed E-state index contributed by atoms with van der Waals surface area (Å²) in [4.78, 5) is 16.8. The van der Waals surface area contributed by atoms with Crippen LogP contribution >= 0.6 is 0 Å². The molecule has 22 heavy (non-hydrogen) atoms. The largest absolute Gasteiger partial charge is 0.378 e. The molecule has 0 saturated carbocycles. The Morgan fingerprint density at radius 1 is 1.32 bits per heavy atom. The van der Waals surface area contributed by atoms with Gasteiger partial charge in [0.2, 0.25) is 5.91 Å². The molecule has 2 fully saturated rings. The highest BCUT2D eigenvalue weighted by Gasteiger charge is 2.24. The number of hydrogen-bond donors (Lipinski definition) is 0. The maximum Gasteiger partial charge on any atom is 0.225 e. The molecule has 0 N–H and O–H groups in total. The zero-order valence-corrected chi connectivity index (χ0v) is 13.4. The number of aromatic nitrogens is 2. The van der Waals surface area contributed by atoms with E-state index in [1.165, 1.54) is 5.56 Å². The van der Waals surface area contributed by atoms with E-state index in [0.717, 1.165) is 58.6 Å². The van der Waals surface area contributed by atoms with Crippen LogP contribution in [0.25, 0.3) is 0 Å². The van der Waals surface area contributed by atoms with Crippen LogP contribution in [-0.2, 0) is 23.1 Å². The number of hydrogen-bond acceptors (Lipinski definition) is 4. The van der Waals surface area contributed by atoms with E-state index < -0.39 is 0 Å². The Labute approximate surface area is 132 Å². The van der Waals surface area contributed by atoms with Gasteiger partial charge >= 0.3 is 0 Å². The van der Waals surface area contributed by atoms with Crippen molar-refractivity contribution in [1.29, 1.82) is 0 Å². The van der Waals surface area contributed by atoms with E-state index in [1.807, 2.05) is 22.8 Å². The second-order valence-corrected chi connectivity index (χ2v) is 6.37. The molecule has 0 aliphatic carbocycles. The predicted octanol–water partition coefficient (Wildman–Crippen LogP) is 1.02. The molecule has 2 aliphatic rings. The first-order valence-electron chi connectivity index (χ1n) is 8.30. The van der Waals surface area contributed by atoms with Gasteiger partial charge in [0.05, 0.1) is 18.7 Å². The SMILES string of the molecule is Cn1cc(CN2CCCN(C(=O)C[C@H]3CCCO3)CC2)cn1. The summed E-state index contributed by atoms with van der Waals surface area (Å²) >= 11 is 0. The van der Waals surface area contributed by atoms with Crippen LogP contribution in [0.1, 0.15) is 31.2 Å². The van der Waals surface area contributed by atoms with Crippen LogP contribution in [0, 0.1) is 0 Å². The number of rotatable bonds is 4. The molecular formula is C16H26N4O2. The fraction of sp³-hybridized carbons (Fsp3) is 0.750. The Morgan fingerprint density at radius 2 is 2.23 bits per heavy atom. The zero-order chi connectivity index (χ0) is 15.4. The Balaban J connectivity index is 1.47. The summed E-state index contributed by atoms with van der Waals surface area (Å²) in [7, 11) is 1.94. The summed E-state index contributed by atoms with van der Waals surface area (Å²) in [6, 6.07) is 0. The van der Waals surface area contributed by atoms with Crippen molar-refractivity contribution in [3.05, 3.63) is 18.0 Å². The van der Waals surface area contributed by atoms with Gasteiger partial charge in [-0.05, 0) is 19.3 Å². The topological polar surface area (TPSA) is 50.6 Å². The fourth-order valence-corrected chi connectivity index (χ4v) is 3.32. The summed E-state index contributed by atoms with van der Waals surface area (Å²) < 4.78 is 7.42. The summed E-state index contributed by atoms with van der Waals surface area (Å²) in [5.74, 6) is 0.259. The lowest BCUT2D eigenvalue weighted by atomic mass is 10.1. The Hall–Kier alpha value is -1.40. The van der Waals surface area contributed by atoms with Gasteiger partial charge < -0.3 is 9.64 Å². The summed E-state index contributed by atoms with van der Waals surface area (Å²) in [6.45, 7) is 5.41. The molecule has 0 aromatic carbocycles. The minimum Gasteiger partial charge on any atom is -0.378 e. The first-order valence-corrected chi connectivity index (χ1v) is 8.30. The van der Waals surface area contributed by atoms with Crippen molar-refractivity contribution in [2.45, 2.75) is 38.3 Å². The third-order valence-electron chi connectivity index (χ3n) is 4.53. The molecule has 2 saturated heterocycles. The van der Waals surface area contributed by atoms with E-state index in [-0.39, 0.29) is 12.0 Å². The van der Waals surface area contributed by atoms with Crippen LogP contribution in [-0.4, -0.2) is 64.4 Å². The minimum atomic E-state index is 0.155. The van der Waals surface area contributed by atoms with Gasteiger partial charge in [-0.3, -0.25) is 14.4 Å². The lowest BCUT2D eigenvalue weighted by molar-refractivity contribution is -0.133. The highest BCUT2D eigenvalue weighted by atomic mass is 16.5. The molecule has 0 bridgehead atoms. The van der Waals surface area contributed by atoms with Crippen molar-refractivity contribution in [3.63, 3.8) is 0 Å². The Morgan fingerprint density at radius 3 is 2.95 bits per heavy atom. The van der Waals surface area contributed by atoms with E-state index in [9.17, 15) is 4.79 Å². The number of amides is 1. The number of nitrogens with zero attached hydrogens (tertiary/aromatic N) is 4. The molecule has 0 unspecified atom stereocenters. The van der Waals surface area contributed by atoms with E-state index in [2.05, 4.69) is 16.2 Å². The van der Waals surface area contributed by atoms with Crippen molar-refractivity contribution < 1.29 is 9.53 Å². The lowest BCUT2D eigenvalue weighted by Gasteiger charge is -2.23. The van der Waals surface area contributed by atoms with Crippen LogP contribution in [0.2, 0.25) is 0 Å². The van der Waals surface area contributed by atoms with Gasteiger partial charge in [0.1, 0.15) is 0 Å². The molecule has 1 aromatic rings. The van der Waals surface area contributed by atoms with Crippen molar-refractivity contribution in [2.75, 3.05) is 32.8 Å². The van der Waals surface area contributed by atoms with E-state index in [1.54, 1.807) is 0 Å². The molecule has 3 heterocycles. The van der Waals surface area contributed by atoms with Gasteiger partial charge in [0.15, 0.2) is 0 Å². The van der Waals surface area contributed by atoms with E-state index >= 15 is 0 Å². The van der Waals surface area contributed by atoms with Crippen LogP contribution in [0.15, 0.2) is 12.4 Å². The molecule has 0 spiro atoms. The lowest BCUT2D eigenvalue weighted by Crippen LogP contribution is -2.36. The maximum absolute atomic E-state index is 12.4. The molecule has 3 rings (SSSR count). The van der Waals surface area contributed by atoms with Gasteiger partial charge in [0, 0.05) is 58.1 Å². The van der Waals surface area contributed by atoms with Crippen molar-refractivity contribution in [3.8, 4) is 0 Å². The summed E-state index contributed by atoms with van der Waals surface area (Å²) in [5, 5.41) is 4.22. The van der Waals surface area contributed by atoms with Gasteiger partial charge in [-0.25, -0.2) is 0 Å². The second kappa shape index (κ2) is 7.24. The van der Waals surface area contributed by atoms with Crippen molar-refractivity contribution in [1.82, 2.24) is 19.6 Å². The first kappa shape index (κ1) is 15.5. The van der Waals surface area contributed by atoms with Crippen LogP contribution in [0.5, 0.6) is 0 Å². The average molecular weight is 306 g/mol. The van der Waals surface area contributed by atoms with Gasteiger partial charge in [-0.2, -0.15) is 5.10 Å². The third-order valence-corrected chi connectivity index (χ3v) is 4.53. The summed E-state index contributed by atoms with van der Waals surface area (Å²) in [5.41, 5.74) is 1.24. The van der Waals surface area contributed by atoms with Gasteiger partial charge in [-0.15, -0.1) is 0 Å². The third kappa shape index (κ3) is 4.08. The molecule has 6 heteroatoms. The number of carbonyl (C=O) groups is 1. The molecule has 1 amide bonds. The predicted molar refractivity (Wildman–Crippen MR) is 83.3 cm³/mol. The van der Waals surface area contributed by atoms with Crippen molar-refractivity contribution in [2.24, 2.45) is 7.05 Å². The van der Waals surface area contributed by atoms with E-state index in [0.29, 0.717) is 6.42 Å². The molecule has 1 aromatic heterocycles. The number of aryl methyl sites for hydroxylation is 1. The highest BCUT2D eigenvalue weighted by Crippen LogP contribution is 2.17. The normalized spacial score (nSPS) is 23.7. The van der Waals surface area contributed by atoms with Gasteiger partial charge in [-0.1, -0.05) is 0 Å². The minimum absolute atomic E-state index is 0.155. The fourth-order valence-electron chi connectivity index (χ4n) is 3.32. The average Bonchev–Trinajstić information content (AvgIpc) is 3.07. The molecule has 1 atom stereocenters. The summed E-state index contributed by atoms with van der Waals surface area (Å²) in [6.07, 6.45) is 7.86. The highest BCUT2D eigenvalue weighted by molar-refractivity contribution is 5.76. The standard InChI is InChI=1S/C16H26N4O2/c1-18-12-14(11-17-18)13-19-5-3-6-20(8-7-19)16(21)10-15-4-2-9-22-15/h11-12,15H,2-10,13H2,1H3/t15-/m1/s1. The van der Waals surface area contributed by atoms with Crippen LogP contribution in [0.4, 0.5) is 0 Å². The van der Waals surface area contributed by atoms with E-state index in [4.69, 9.17) is 4.74 Å². The van der Waals surface area contributed by atoms with Crippen molar-refractivity contribution >= 4 is 5.91 Å². The van der Waals surface area contributed by atoms with Crippen LogP contribution < -0.4 is 0 Å². The van der Waals surface area contributed by atoms with Gasteiger partial charge in [0.25, 0.3) is 0 Å². The first-order chi connectivity index (χ1) is 10.7. The molecule has 0 radical (unpaired) electrons. The quantitative estimate of drug-likeness (QED) is 0.833.